The molecular weight excluding hydrogens is 385 g/mol. The van der Waals surface area contributed by atoms with E-state index in [1.165, 1.54) is 4.90 Å². The fourth-order valence-corrected chi connectivity index (χ4v) is 2.63. The van der Waals surface area contributed by atoms with Gasteiger partial charge in [-0.3, -0.25) is 9.59 Å². The van der Waals surface area contributed by atoms with E-state index in [-0.39, 0.29) is 13.1 Å². The van der Waals surface area contributed by atoms with Crippen LogP contribution in [0.3, 0.4) is 0 Å². The normalized spacial score (nSPS) is 10.5. The zero-order valence-electron chi connectivity index (χ0n) is 16.3. The highest BCUT2D eigenvalue weighted by atomic mass is 19.2. The maximum atomic E-state index is 13.8. The molecule has 0 spiro atoms. The van der Waals surface area contributed by atoms with Gasteiger partial charge in [0.15, 0.2) is 17.5 Å². The topological polar surface area (TPSA) is 58.6 Å². The monoisotopic (exact) mass is 408 g/mol. The zero-order valence-corrected chi connectivity index (χ0v) is 16.3. The number of amides is 2. The van der Waals surface area contributed by atoms with Gasteiger partial charge >= 0.3 is 0 Å². The first-order chi connectivity index (χ1) is 13.9. The van der Waals surface area contributed by atoms with Gasteiger partial charge in [0.1, 0.15) is 12.3 Å². The quantitative estimate of drug-likeness (QED) is 0.627. The third-order valence-corrected chi connectivity index (χ3v) is 3.98. The van der Waals surface area contributed by atoms with Gasteiger partial charge < -0.3 is 15.0 Å². The van der Waals surface area contributed by atoms with Crippen molar-refractivity contribution >= 4 is 17.5 Å². The number of rotatable bonds is 9. The first-order valence-electron chi connectivity index (χ1n) is 9.32. The van der Waals surface area contributed by atoms with Crippen LogP contribution in [0.5, 0.6) is 5.75 Å². The average molecular weight is 408 g/mol. The Hall–Kier alpha value is -3.03. The standard InChI is InChI=1S/C21H23F3N2O3/c1-3-10-26(21(28)14-6-5-7-15(12-14)29-11-4-2)13-18(27)25-17-9-8-16(22)19(23)20(17)24/h5-9,12H,3-4,10-11,13H2,1-2H3,(H,25,27). The summed E-state index contributed by atoms with van der Waals surface area (Å²) in [7, 11) is 0. The molecule has 2 aromatic rings. The number of hydrogen-bond donors (Lipinski definition) is 1. The minimum atomic E-state index is -1.67. The number of halogens is 3. The molecule has 0 aliphatic carbocycles. The van der Waals surface area contributed by atoms with Crippen molar-refractivity contribution in [3.05, 3.63) is 59.4 Å². The molecule has 2 aromatic carbocycles. The molecule has 0 aliphatic rings. The number of nitrogens with one attached hydrogen (secondary N) is 1. The predicted molar refractivity (Wildman–Crippen MR) is 103 cm³/mol. The summed E-state index contributed by atoms with van der Waals surface area (Å²) in [5, 5.41) is 2.17. The Morgan fingerprint density at radius 1 is 1.03 bits per heavy atom. The number of carbonyl (C=O) groups is 2. The fraction of sp³-hybridized carbons (Fsp3) is 0.333. The third-order valence-electron chi connectivity index (χ3n) is 3.98. The van der Waals surface area contributed by atoms with Crippen LogP contribution >= 0.6 is 0 Å². The zero-order chi connectivity index (χ0) is 21.4. The minimum absolute atomic E-state index is 0.284. The second-order valence-electron chi connectivity index (χ2n) is 6.37. The smallest absolute Gasteiger partial charge is 0.254 e. The Kier molecular flexibility index (Phi) is 8.06. The Balaban J connectivity index is 2.12. The van der Waals surface area contributed by atoms with Crippen LogP contribution in [0.4, 0.5) is 18.9 Å². The van der Waals surface area contributed by atoms with E-state index in [1.807, 2.05) is 13.8 Å². The lowest BCUT2D eigenvalue weighted by Gasteiger charge is -2.22. The summed E-state index contributed by atoms with van der Waals surface area (Å²) >= 11 is 0. The van der Waals surface area contributed by atoms with E-state index in [9.17, 15) is 22.8 Å². The molecule has 2 rings (SSSR count). The Morgan fingerprint density at radius 3 is 2.48 bits per heavy atom. The average Bonchev–Trinajstić information content (AvgIpc) is 2.72. The summed E-state index contributed by atoms with van der Waals surface area (Å²) in [4.78, 5) is 26.4. The summed E-state index contributed by atoms with van der Waals surface area (Å²) in [6.07, 6.45) is 1.41. The molecule has 0 unspecified atom stereocenters. The third kappa shape index (κ3) is 5.97. The lowest BCUT2D eigenvalue weighted by molar-refractivity contribution is -0.116. The van der Waals surface area contributed by atoms with Gasteiger partial charge in [0.2, 0.25) is 5.91 Å². The van der Waals surface area contributed by atoms with Gasteiger partial charge in [-0.2, -0.15) is 0 Å². The van der Waals surface area contributed by atoms with Gasteiger partial charge in [-0.05, 0) is 43.2 Å². The lowest BCUT2D eigenvalue weighted by atomic mass is 10.1. The number of hydrogen-bond acceptors (Lipinski definition) is 3. The highest BCUT2D eigenvalue weighted by Crippen LogP contribution is 2.20. The molecule has 0 saturated carbocycles. The predicted octanol–water partition coefficient (Wildman–Crippen LogP) is 4.38. The summed E-state index contributed by atoms with van der Waals surface area (Å²) in [6, 6.07) is 8.25. The van der Waals surface area contributed by atoms with Crippen LogP contribution in [-0.2, 0) is 4.79 Å². The van der Waals surface area contributed by atoms with Crippen molar-refractivity contribution in [3.63, 3.8) is 0 Å². The number of ether oxygens (including phenoxy) is 1. The molecule has 0 aliphatic heterocycles. The summed E-state index contributed by atoms with van der Waals surface area (Å²) in [6.45, 7) is 4.23. The van der Waals surface area contributed by atoms with Crippen molar-refractivity contribution in [1.29, 1.82) is 0 Å². The second-order valence-corrected chi connectivity index (χ2v) is 6.37. The molecule has 1 N–H and O–H groups in total. The van der Waals surface area contributed by atoms with E-state index >= 15 is 0 Å². The number of benzene rings is 2. The van der Waals surface area contributed by atoms with Gasteiger partial charge in [-0.25, -0.2) is 13.2 Å². The molecule has 0 saturated heterocycles. The molecule has 0 atom stereocenters. The van der Waals surface area contributed by atoms with Crippen LogP contribution in [0.15, 0.2) is 36.4 Å². The second kappa shape index (κ2) is 10.5. The van der Waals surface area contributed by atoms with Crippen molar-refractivity contribution in [2.45, 2.75) is 26.7 Å². The Labute approximate surface area is 167 Å². The number of anilines is 1. The SMILES string of the molecule is CCCOc1cccc(C(=O)N(CCC)CC(=O)Nc2ccc(F)c(F)c2F)c1. The van der Waals surface area contributed by atoms with E-state index in [4.69, 9.17) is 4.74 Å². The Bertz CT molecular complexity index is 874. The van der Waals surface area contributed by atoms with E-state index in [1.54, 1.807) is 24.3 Å². The van der Waals surface area contributed by atoms with Crippen LogP contribution in [-0.4, -0.2) is 36.4 Å². The van der Waals surface area contributed by atoms with Gasteiger partial charge in [-0.1, -0.05) is 19.9 Å². The molecule has 29 heavy (non-hydrogen) atoms. The molecule has 0 fully saturated rings. The molecule has 8 heteroatoms. The van der Waals surface area contributed by atoms with E-state index in [0.717, 1.165) is 12.5 Å². The van der Waals surface area contributed by atoms with Gasteiger partial charge in [-0.15, -0.1) is 0 Å². The highest BCUT2D eigenvalue weighted by Gasteiger charge is 2.21. The number of nitrogens with zero attached hydrogens (tertiary/aromatic N) is 1. The molecule has 0 heterocycles. The highest BCUT2D eigenvalue weighted by molar-refractivity contribution is 5.99. The lowest BCUT2D eigenvalue weighted by Crippen LogP contribution is -2.38. The maximum Gasteiger partial charge on any atom is 0.254 e. The molecule has 0 aromatic heterocycles. The molecular formula is C21H23F3N2O3. The van der Waals surface area contributed by atoms with Crippen molar-refractivity contribution in [2.24, 2.45) is 0 Å². The largest absolute Gasteiger partial charge is 0.494 e. The van der Waals surface area contributed by atoms with E-state index in [0.29, 0.717) is 30.4 Å². The van der Waals surface area contributed by atoms with Crippen LogP contribution in [0.2, 0.25) is 0 Å². The molecule has 2 amide bonds. The summed E-state index contributed by atoms with van der Waals surface area (Å²) < 4.78 is 45.6. The van der Waals surface area contributed by atoms with Crippen molar-refractivity contribution in [3.8, 4) is 5.75 Å². The molecule has 0 bridgehead atoms. The Morgan fingerprint density at radius 2 is 1.79 bits per heavy atom. The van der Waals surface area contributed by atoms with Crippen molar-refractivity contribution in [2.75, 3.05) is 25.0 Å². The summed E-state index contributed by atoms with van der Waals surface area (Å²) in [5.74, 6) is -5.10. The van der Waals surface area contributed by atoms with Gasteiger partial charge in [0.05, 0.1) is 12.3 Å². The van der Waals surface area contributed by atoms with Crippen molar-refractivity contribution in [1.82, 2.24) is 4.90 Å². The first-order valence-corrected chi connectivity index (χ1v) is 9.32. The van der Waals surface area contributed by atoms with Crippen LogP contribution in [0.25, 0.3) is 0 Å². The van der Waals surface area contributed by atoms with Crippen molar-refractivity contribution < 1.29 is 27.5 Å². The molecule has 5 nitrogen and oxygen atoms in total. The maximum absolute atomic E-state index is 13.8. The van der Waals surface area contributed by atoms with E-state index in [2.05, 4.69) is 5.32 Å². The first kappa shape index (κ1) is 22.3. The fourth-order valence-electron chi connectivity index (χ4n) is 2.63. The van der Waals surface area contributed by atoms with Gasteiger partial charge in [0.25, 0.3) is 5.91 Å². The van der Waals surface area contributed by atoms with Crippen LogP contribution < -0.4 is 10.1 Å². The molecule has 156 valence electrons. The van der Waals surface area contributed by atoms with Crippen LogP contribution in [0, 0.1) is 17.5 Å². The summed E-state index contributed by atoms with van der Waals surface area (Å²) in [5.41, 5.74) is -0.147. The van der Waals surface area contributed by atoms with Gasteiger partial charge in [0, 0.05) is 12.1 Å². The van der Waals surface area contributed by atoms with Crippen LogP contribution in [0.1, 0.15) is 37.0 Å². The molecule has 0 radical (unpaired) electrons. The van der Waals surface area contributed by atoms with E-state index < -0.39 is 35.0 Å². The minimum Gasteiger partial charge on any atom is -0.494 e. The number of carbonyl (C=O) groups excluding carboxylic acids is 2.